The molecule has 3 nitrogen and oxygen atoms in total. The standard InChI is InChI=1S/C10H12Cl2O3S/c1-6-5-9(13)8(7(2)10(6)11)3-4-16(12,14)15/h5,13H,3-4H2,1-2H3. The third-order valence-electron chi connectivity index (χ3n) is 2.39. The van der Waals surface area contributed by atoms with E-state index < -0.39 is 9.05 Å². The quantitative estimate of drug-likeness (QED) is 0.868. The summed E-state index contributed by atoms with van der Waals surface area (Å²) in [6.07, 6.45) is 0.156. The first kappa shape index (κ1) is 13.6. The molecule has 16 heavy (non-hydrogen) atoms. The fraction of sp³-hybridized carbons (Fsp3) is 0.400. The highest BCUT2D eigenvalue weighted by Crippen LogP contribution is 2.31. The molecule has 0 aliphatic carbocycles. The molecule has 0 aromatic heterocycles. The van der Waals surface area contributed by atoms with Gasteiger partial charge in [-0.15, -0.1) is 0 Å². The summed E-state index contributed by atoms with van der Waals surface area (Å²) in [6.45, 7) is 3.52. The van der Waals surface area contributed by atoms with E-state index >= 15 is 0 Å². The molecule has 0 spiro atoms. The van der Waals surface area contributed by atoms with Gasteiger partial charge in [-0.1, -0.05) is 11.6 Å². The smallest absolute Gasteiger partial charge is 0.232 e. The van der Waals surface area contributed by atoms with Crippen molar-refractivity contribution in [2.45, 2.75) is 20.3 Å². The zero-order valence-corrected chi connectivity index (χ0v) is 11.2. The van der Waals surface area contributed by atoms with E-state index in [1.54, 1.807) is 13.8 Å². The molecule has 0 saturated heterocycles. The first-order valence-electron chi connectivity index (χ1n) is 4.62. The first-order valence-corrected chi connectivity index (χ1v) is 7.48. The van der Waals surface area contributed by atoms with Crippen LogP contribution in [0, 0.1) is 13.8 Å². The van der Waals surface area contributed by atoms with Gasteiger partial charge < -0.3 is 5.11 Å². The van der Waals surface area contributed by atoms with Crippen molar-refractivity contribution in [1.82, 2.24) is 0 Å². The Morgan fingerprint density at radius 1 is 1.38 bits per heavy atom. The van der Waals surface area contributed by atoms with Gasteiger partial charge in [0.1, 0.15) is 5.75 Å². The maximum absolute atomic E-state index is 10.8. The minimum atomic E-state index is -3.56. The minimum Gasteiger partial charge on any atom is -0.508 e. The maximum atomic E-state index is 10.8. The largest absolute Gasteiger partial charge is 0.508 e. The number of phenols is 1. The van der Waals surface area contributed by atoms with Crippen molar-refractivity contribution in [3.63, 3.8) is 0 Å². The molecule has 0 radical (unpaired) electrons. The fourth-order valence-electron chi connectivity index (χ4n) is 1.52. The van der Waals surface area contributed by atoms with E-state index in [2.05, 4.69) is 0 Å². The summed E-state index contributed by atoms with van der Waals surface area (Å²) in [5, 5.41) is 10.2. The normalized spacial score (nSPS) is 11.8. The Kier molecular flexibility index (Phi) is 4.10. The highest BCUT2D eigenvalue weighted by molar-refractivity contribution is 8.13. The molecule has 0 bridgehead atoms. The van der Waals surface area contributed by atoms with Gasteiger partial charge in [0.15, 0.2) is 0 Å². The zero-order valence-electron chi connectivity index (χ0n) is 8.92. The van der Waals surface area contributed by atoms with Gasteiger partial charge >= 0.3 is 0 Å². The van der Waals surface area contributed by atoms with E-state index in [9.17, 15) is 13.5 Å². The lowest BCUT2D eigenvalue weighted by atomic mass is 10.0. The molecule has 0 fully saturated rings. The molecule has 1 N–H and O–H groups in total. The van der Waals surface area contributed by atoms with E-state index in [1.165, 1.54) is 6.07 Å². The number of benzene rings is 1. The van der Waals surface area contributed by atoms with Crippen LogP contribution in [0.3, 0.4) is 0 Å². The Bertz CT molecular complexity index is 509. The molecular formula is C10H12Cl2O3S. The lowest BCUT2D eigenvalue weighted by Gasteiger charge is -2.11. The van der Waals surface area contributed by atoms with Crippen LogP contribution in [-0.4, -0.2) is 19.3 Å². The number of rotatable bonds is 3. The van der Waals surface area contributed by atoms with Crippen LogP contribution in [-0.2, 0) is 15.5 Å². The van der Waals surface area contributed by atoms with Crippen molar-refractivity contribution in [1.29, 1.82) is 0 Å². The molecular weight excluding hydrogens is 271 g/mol. The SMILES string of the molecule is Cc1cc(O)c(CCS(=O)(=O)Cl)c(C)c1Cl. The summed E-state index contributed by atoms with van der Waals surface area (Å²) in [4.78, 5) is 0. The van der Waals surface area contributed by atoms with Gasteiger partial charge in [-0.2, -0.15) is 0 Å². The van der Waals surface area contributed by atoms with Crippen molar-refractivity contribution in [3.05, 3.63) is 27.8 Å². The van der Waals surface area contributed by atoms with Crippen molar-refractivity contribution in [2.24, 2.45) is 0 Å². The Labute approximate surface area is 104 Å². The van der Waals surface area contributed by atoms with Crippen LogP contribution in [0.25, 0.3) is 0 Å². The van der Waals surface area contributed by atoms with Crippen LogP contribution in [0.15, 0.2) is 6.07 Å². The summed E-state index contributed by atoms with van der Waals surface area (Å²) in [6, 6.07) is 1.52. The summed E-state index contributed by atoms with van der Waals surface area (Å²) >= 11 is 6.01. The summed E-state index contributed by atoms with van der Waals surface area (Å²) in [7, 11) is 1.56. The van der Waals surface area contributed by atoms with Gasteiger partial charge in [-0.25, -0.2) is 8.42 Å². The third kappa shape index (κ3) is 3.27. The Morgan fingerprint density at radius 2 is 1.94 bits per heavy atom. The molecule has 90 valence electrons. The van der Waals surface area contributed by atoms with Gasteiger partial charge in [-0.3, -0.25) is 0 Å². The van der Waals surface area contributed by atoms with E-state index in [4.69, 9.17) is 22.3 Å². The summed E-state index contributed by atoms with van der Waals surface area (Å²) in [5.74, 6) is -0.165. The minimum absolute atomic E-state index is 0.0553. The molecule has 0 amide bonds. The van der Waals surface area contributed by atoms with Crippen LogP contribution in [0.1, 0.15) is 16.7 Å². The van der Waals surface area contributed by atoms with Crippen molar-refractivity contribution >= 4 is 31.3 Å². The van der Waals surface area contributed by atoms with E-state index in [0.717, 1.165) is 5.56 Å². The number of aromatic hydroxyl groups is 1. The van der Waals surface area contributed by atoms with Crippen LogP contribution in [0.2, 0.25) is 5.02 Å². The van der Waals surface area contributed by atoms with Crippen molar-refractivity contribution < 1.29 is 13.5 Å². The summed E-state index contributed by atoms with van der Waals surface area (Å²) in [5.41, 5.74) is 1.98. The van der Waals surface area contributed by atoms with Gasteiger partial charge in [0.05, 0.1) is 5.75 Å². The number of phenolic OH excluding ortho intramolecular Hbond substituents is 1. The zero-order chi connectivity index (χ0) is 12.5. The lowest BCUT2D eigenvalue weighted by Crippen LogP contribution is -2.03. The van der Waals surface area contributed by atoms with Crippen molar-refractivity contribution in [3.8, 4) is 5.75 Å². The molecule has 0 unspecified atom stereocenters. The Balaban J connectivity index is 3.10. The van der Waals surface area contributed by atoms with E-state index in [1.807, 2.05) is 0 Å². The molecule has 1 aromatic carbocycles. The summed E-state index contributed by atoms with van der Waals surface area (Å²) < 4.78 is 21.7. The Hall–Kier alpha value is -0.450. The van der Waals surface area contributed by atoms with Gasteiger partial charge in [-0.05, 0) is 43.0 Å². The second-order valence-electron chi connectivity index (χ2n) is 3.62. The topological polar surface area (TPSA) is 54.4 Å². The number of aryl methyl sites for hydroxylation is 1. The number of hydrogen-bond acceptors (Lipinski definition) is 3. The van der Waals surface area contributed by atoms with Crippen LogP contribution >= 0.6 is 22.3 Å². The van der Waals surface area contributed by atoms with Gasteiger partial charge in [0.25, 0.3) is 0 Å². The van der Waals surface area contributed by atoms with Crippen LogP contribution < -0.4 is 0 Å². The maximum Gasteiger partial charge on any atom is 0.232 e. The average molecular weight is 283 g/mol. The Morgan fingerprint density at radius 3 is 2.44 bits per heavy atom. The second-order valence-corrected chi connectivity index (χ2v) is 6.90. The first-order chi connectivity index (χ1) is 7.22. The molecule has 6 heteroatoms. The van der Waals surface area contributed by atoms with Gasteiger partial charge in [0.2, 0.25) is 9.05 Å². The lowest BCUT2D eigenvalue weighted by molar-refractivity contribution is 0.468. The average Bonchev–Trinajstić information content (AvgIpc) is 2.12. The predicted octanol–water partition coefficient (Wildman–Crippen LogP) is 2.77. The molecule has 0 aliphatic rings. The second kappa shape index (κ2) is 4.82. The highest BCUT2D eigenvalue weighted by Gasteiger charge is 2.14. The predicted molar refractivity (Wildman–Crippen MR) is 65.9 cm³/mol. The van der Waals surface area contributed by atoms with Crippen LogP contribution in [0.5, 0.6) is 5.75 Å². The monoisotopic (exact) mass is 282 g/mol. The molecule has 1 rings (SSSR count). The molecule has 0 atom stereocenters. The fourth-order valence-corrected chi connectivity index (χ4v) is 2.36. The van der Waals surface area contributed by atoms with E-state index in [-0.39, 0.29) is 17.9 Å². The molecule has 0 aliphatic heterocycles. The third-order valence-corrected chi connectivity index (χ3v) is 4.12. The number of hydrogen-bond donors (Lipinski definition) is 1. The molecule has 0 saturated carbocycles. The highest BCUT2D eigenvalue weighted by atomic mass is 35.7. The van der Waals surface area contributed by atoms with E-state index in [0.29, 0.717) is 16.1 Å². The molecule has 0 heterocycles. The van der Waals surface area contributed by atoms with Crippen molar-refractivity contribution in [2.75, 3.05) is 5.75 Å². The molecule has 1 aromatic rings. The number of halogens is 2. The van der Waals surface area contributed by atoms with Crippen LogP contribution in [0.4, 0.5) is 0 Å². The van der Waals surface area contributed by atoms with Gasteiger partial charge in [0, 0.05) is 15.7 Å².